The number of hydrogen-bond acceptors (Lipinski definition) is 8. The summed E-state index contributed by atoms with van der Waals surface area (Å²) >= 11 is 1.59. The number of amides is 1. The van der Waals surface area contributed by atoms with Crippen LogP contribution in [0.15, 0.2) is 18.3 Å². The predicted octanol–water partition coefficient (Wildman–Crippen LogP) is 5.30. The van der Waals surface area contributed by atoms with Crippen molar-refractivity contribution in [2.45, 2.75) is 84.1 Å². The Kier molecular flexibility index (Phi) is 7.09. The maximum Gasteiger partial charge on any atom is 0.407 e. The highest BCUT2D eigenvalue weighted by Crippen LogP contribution is 2.38. The van der Waals surface area contributed by atoms with Gasteiger partial charge in [0.15, 0.2) is 0 Å². The van der Waals surface area contributed by atoms with E-state index < -0.39 is 0 Å². The van der Waals surface area contributed by atoms with Crippen LogP contribution in [0.25, 0.3) is 10.2 Å². The second kappa shape index (κ2) is 9.87. The summed E-state index contributed by atoms with van der Waals surface area (Å²) in [6, 6.07) is 4.11. The van der Waals surface area contributed by atoms with Crippen molar-refractivity contribution in [3.05, 3.63) is 29.0 Å². The highest BCUT2D eigenvalue weighted by Gasteiger charge is 2.32. The van der Waals surface area contributed by atoms with E-state index in [0.717, 1.165) is 51.8 Å². The van der Waals surface area contributed by atoms with Gasteiger partial charge in [-0.25, -0.2) is 19.4 Å². The molecule has 0 aromatic carbocycles. The number of carbonyl (C=O) groups excluding carboxylic acids is 1. The minimum absolute atomic E-state index is 0.0597. The number of fused-ring (bicyclic) bond motifs is 1. The second-order valence-corrected chi connectivity index (χ2v) is 11.2. The predicted molar refractivity (Wildman–Crippen MR) is 134 cm³/mol. The van der Waals surface area contributed by atoms with Gasteiger partial charge in [0.2, 0.25) is 0 Å². The summed E-state index contributed by atoms with van der Waals surface area (Å²) in [5.41, 5.74) is 1.68. The van der Waals surface area contributed by atoms with Crippen LogP contribution in [0.2, 0.25) is 0 Å². The summed E-state index contributed by atoms with van der Waals surface area (Å²) in [5, 5.41) is 12.1. The first-order chi connectivity index (χ1) is 16.1. The summed E-state index contributed by atoms with van der Waals surface area (Å²) in [4.78, 5) is 21.2. The highest BCUT2D eigenvalue weighted by molar-refractivity contribution is 7.18. The molecule has 1 amide bonds. The maximum atomic E-state index is 12.0. The first-order valence-electron chi connectivity index (χ1n) is 11.7. The van der Waals surface area contributed by atoms with E-state index in [-0.39, 0.29) is 29.7 Å². The summed E-state index contributed by atoms with van der Waals surface area (Å²) in [7, 11) is 1.67. The fourth-order valence-electron chi connectivity index (χ4n) is 4.20. The van der Waals surface area contributed by atoms with Gasteiger partial charge >= 0.3 is 6.09 Å². The molecule has 3 aromatic heterocycles. The summed E-state index contributed by atoms with van der Waals surface area (Å²) in [5.74, 6) is 1.84. The molecule has 184 valence electrons. The Morgan fingerprint density at radius 2 is 2.09 bits per heavy atom. The third-order valence-electron chi connectivity index (χ3n) is 5.69. The van der Waals surface area contributed by atoms with Crippen molar-refractivity contribution in [1.29, 1.82) is 0 Å². The minimum atomic E-state index is -0.347. The van der Waals surface area contributed by atoms with E-state index >= 15 is 0 Å². The monoisotopic (exact) mass is 486 g/mol. The second-order valence-electron chi connectivity index (χ2n) is 10.1. The lowest BCUT2D eigenvalue weighted by Crippen LogP contribution is -2.33. The zero-order chi connectivity index (χ0) is 24.5. The van der Waals surface area contributed by atoms with Crippen molar-refractivity contribution in [2.75, 3.05) is 12.4 Å². The Morgan fingerprint density at radius 3 is 2.79 bits per heavy atom. The summed E-state index contributed by atoms with van der Waals surface area (Å²) < 4.78 is 13.8. The van der Waals surface area contributed by atoms with Crippen molar-refractivity contribution < 1.29 is 14.3 Å². The Morgan fingerprint density at radius 1 is 1.29 bits per heavy atom. The molecule has 0 bridgehead atoms. The molecule has 1 aliphatic carbocycles. The zero-order valence-electron chi connectivity index (χ0n) is 20.7. The van der Waals surface area contributed by atoms with E-state index in [1.807, 2.05) is 30.8 Å². The Balaban J connectivity index is 1.52. The number of rotatable bonds is 7. The van der Waals surface area contributed by atoms with Crippen molar-refractivity contribution in [3.63, 3.8) is 0 Å². The molecule has 10 heteroatoms. The number of ether oxygens (including phenoxy) is 2. The van der Waals surface area contributed by atoms with Gasteiger partial charge in [0.05, 0.1) is 28.1 Å². The fourth-order valence-corrected chi connectivity index (χ4v) is 5.09. The Labute approximate surface area is 204 Å². The van der Waals surface area contributed by atoms with Gasteiger partial charge < -0.3 is 20.1 Å². The van der Waals surface area contributed by atoms with Gasteiger partial charge in [-0.1, -0.05) is 0 Å². The van der Waals surface area contributed by atoms with Crippen LogP contribution in [0.3, 0.4) is 0 Å². The molecule has 0 aliphatic heterocycles. The number of thiazole rings is 1. The van der Waals surface area contributed by atoms with E-state index in [4.69, 9.17) is 14.6 Å². The minimum Gasteiger partial charge on any atom is -0.446 e. The molecule has 0 saturated heterocycles. The lowest BCUT2D eigenvalue weighted by molar-refractivity contribution is 0.0981. The third kappa shape index (κ3) is 5.67. The first-order valence-corrected chi connectivity index (χ1v) is 12.5. The van der Waals surface area contributed by atoms with Gasteiger partial charge in [-0.2, -0.15) is 5.10 Å². The van der Waals surface area contributed by atoms with Gasteiger partial charge in [-0.05, 0) is 53.9 Å². The molecular formula is C24H34N6O3S. The van der Waals surface area contributed by atoms with Gasteiger partial charge in [0.25, 0.3) is 0 Å². The molecule has 0 unspecified atom stereocenters. The van der Waals surface area contributed by atoms with E-state index in [0.29, 0.717) is 6.61 Å². The SMILES string of the molecule is COCc1nc2cc(Nc3cc([C@H]4CC[C@@H](OC(=O)NC(C)C)C4)nn3C(C)(C)C)ncc2s1. The summed E-state index contributed by atoms with van der Waals surface area (Å²) in [6.45, 7) is 10.7. The molecule has 3 heterocycles. The number of hydrogen-bond donors (Lipinski definition) is 2. The van der Waals surface area contributed by atoms with Crippen LogP contribution < -0.4 is 10.6 Å². The molecule has 1 fully saturated rings. The first kappa shape index (κ1) is 24.4. The molecule has 0 spiro atoms. The van der Waals surface area contributed by atoms with Crippen molar-refractivity contribution in [2.24, 2.45) is 0 Å². The molecule has 0 radical (unpaired) electrons. The van der Waals surface area contributed by atoms with E-state index in [1.54, 1.807) is 18.4 Å². The molecule has 4 rings (SSSR count). The molecule has 9 nitrogen and oxygen atoms in total. The molecule has 34 heavy (non-hydrogen) atoms. The molecule has 2 N–H and O–H groups in total. The maximum absolute atomic E-state index is 12.0. The average molecular weight is 487 g/mol. The number of nitrogens with one attached hydrogen (secondary N) is 2. The Hall–Kier alpha value is -2.72. The van der Waals surface area contributed by atoms with E-state index in [2.05, 4.69) is 47.4 Å². The van der Waals surface area contributed by atoms with Crippen LogP contribution in [0, 0.1) is 0 Å². The normalized spacial score (nSPS) is 18.6. The number of methoxy groups -OCH3 is 1. The van der Waals surface area contributed by atoms with Crippen LogP contribution in [-0.2, 0) is 21.6 Å². The zero-order valence-corrected chi connectivity index (χ0v) is 21.5. The number of carbonyl (C=O) groups is 1. The Bertz CT molecular complexity index is 1150. The van der Waals surface area contributed by atoms with E-state index in [1.165, 1.54) is 0 Å². The highest BCUT2D eigenvalue weighted by atomic mass is 32.1. The number of nitrogens with zero attached hydrogens (tertiary/aromatic N) is 4. The molecular weight excluding hydrogens is 452 g/mol. The van der Waals surface area contributed by atoms with Crippen molar-refractivity contribution in [1.82, 2.24) is 25.1 Å². The van der Waals surface area contributed by atoms with E-state index in [9.17, 15) is 4.79 Å². The van der Waals surface area contributed by atoms with Gasteiger partial charge in [0.1, 0.15) is 22.7 Å². The third-order valence-corrected chi connectivity index (χ3v) is 6.67. The average Bonchev–Trinajstić information content (AvgIpc) is 3.45. The number of aromatic nitrogens is 4. The number of anilines is 2. The smallest absolute Gasteiger partial charge is 0.407 e. The van der Waals surface area contributed by atoms with Crippen LogP contribution in [0.1, 0.15) is 70.5 Å². The fraction of sp³-hybridized carbons (Fsp3) is 0.583. The van der Waals surface area contributed by atoms with Crippen LogP contribution in [0.4, 0.5) is 16.4 Å². The van der Waals surface area contributed by atoms with Crippen molar-refractivity contribution >= 4 is 39.3 Å². The number of alkyl carbamates (subject to hydrolysis) is 1. The van der Waals surface area contributed by atoms with Crippen molar-refractivity contribution in [3.8, 4) is 0 Å². The van der Waals surface area contributed by atoms with Crippen LogP contribution in [0.5, 0.6) is 0 Å². The quantitative estimate of drug-likeness (QED) is 0.467. The van der Waals surface area contributed by atoms with Gasteiger partial charge in [-0.15, -0.1) is 11.3 Å². The standard InChI is InChI=1S/C24H34N6O3S/c1-14(2)26-23(31)33-16-8-7-15(9-16)17-11-21(30(29-17)24(3,4)5)28-20-10-18-19(12-25-20)34-22(27-18)13-32-6/h10-12,14-16H,7-9,13H2,1-6H3,(H,25,28)(H,26,31)/t15-,16+/m0/s1. The molecule has 1 aliphatic rings. The lowest BCUT2D eigenvalue weighted by atomic mass is 10.0. The van der Waals surface area contributed by atoms with Gasteiger partial charge in [0, 0.05) is 37.4 Å². The molecule has 3 aromatic rings. The number of pyridine rings is 1. The largest absolute Gasteiger partial charge is 0.446 e. The van der Waals surface area contributed by atoms with Crippen LogP contribution in [-0.4, -0.2) is 45.1 Å². The topological polar surface area (TPSA) is 103 Å². The molecule has 2 atom stereocenters. The van der Waals surface area contributed by atoms with Gasteiger partial charge in [-0.3, -0.25) is 0 Å². The molecule has 1 saturated carbocycles. The van der Waals surface area contributed by atoms with Crippen LogP contribution >= 0.6 is 11.3 Å². The lowest BCUT2D eigenvalue weighted by Gasteiger charge is -2.22. The summed E-state index contributed by atoms with van der Waals surface area (Å²) in [6.07, 6.45) is 3.96.